The third-order valence-electron chi connectivity index (χ3n) is 6.52. The summed E-state index contributed by atoms with van der Waals surface area (Å²) in [7, 11) is -0.344. The van der Waals surface area contributed by atoms with Gasteiger partial charge in [-0.15, -0.1) is 0 Å². The summed E-state index contributed by atoms with van der Waals surface area (Å²) in [6.07, 6.45) is 1.35. The molecule has 1 aromatic carbocycles. The molecule has 2 aliphatic heterocycles. The van der Waals surface area contributed by atoms with E-state index in [0.29, 0.717) is 24.7 Å². The van der Waals surface area contributed by atoms with Gasteiger partial charge in [0.1, 0.15) is 5.78 Å². The zero-order valence-corrected chi connectivity index (χ0v) is 16.2. The fraction of sp³-hybridized carbons (Fsp3) is 0.650. The summed E-state index contributed by atoms with van der Waals surface area (Å²) in [5.74, 6) is 0.373. The molecule has 0 radical (unpaired) electrons. The topological polar surface area (TPSA) is 38.8 Å². The number of hydrogen-bond donors (Lipinski definition) is 0. The molecular weight excluding hydrogens is 313 g/mol. The van der Waals surface area contributed by atoms with Gasteiger partial charge in [0.15, 0.2) is 0 Å². The molecule has 0 bridgehead atoms. The fourth-order valence-electron chi connectivity index (χ4n) is 4.09. The van der Waals surface area contributed by atoms with E-state index in [1.165, 1.54) is 11.3 Å². The van der Waals surface area contributed by atoms with E-state index in [1.807, 2.05) is 0 Å². The van der Waals surface area contributed by atoms with Crippen molar-refractivity contribution in [1.29, 1.82) is 0 Å². The minimum Gasteiger partial charge on any atom is -0.399 e. The number of Topliss-reactive ketones (excluding diaryl/α,β-unsaturated/α-hetero) is 1. The van der Waals surface area contributed by atoms with Crippen molar-refractivity contribution in [2.75, 3.05) is 11.4 Å². The van der Waals surface area contributed by atoms with Gasteiger partial charge in [0.25, 0.3) is 0 Å². The van der Waals surface area contributed by atoms with Crippen LogP contribution in [0.2, 0.25) is 0 Å². The molecule has 0 amide bonds. The molecule has 1 saturated heterocycles. The van der Waals surface area contributed by atoms with Crippen molar-refractivity contribution < 1.29 is 14.1 Å². The highest BCUT2D eigenvalue weighted by molar-refractivity contribution is 6.62. The minimum atomic E-state index is -0.344. The predicted octanol–water partition coefficient (Wildman–Crippen LogP) is 2.81. The minimum absolute atomic E-state index is 0.0996. The summed E-state index contributed by atoms with van der Waals surface area (Å²) in [4.78, 5) is 13.9. The lowest BCUT2D eigenvalue weighted by Gasteiger charge is -2.36. The molecule has 0 unspecified atom stereocenters. The Morgan fingerprint density at radius 1 is 1.04 bits per heavy atom. The summed E-state index contributed by atoms with van der Waals surface area (Å²) in [6, 6.07) is 6.92. The number of rotatable bonds is 2. The smallest absolute Gasteiger partial charge is 0.399 e. The third-order valence-corrected chi connectivity index (χ3v) is 6.52. The van der Waals surface area contributed by atoms with Crippen LogP contribution in [0.4, 0.5) is 5.69 Å². The standard InChI is InChI=1S/C20H28BNO3/c1-18(2)12-22(14-10-15(23)11-14)17-9-13(7-8-16(17)18)21-24-19(3,4)20(5,6)25-21/h7-9,14H,10-12H2,1-6H3. The van der Waals surface area contributed by atoms with E-state index in [9.17, 15) is 4.79 Å². The normalized spacial score (nSPS) is 26.7. The SMILES string of the molecule is CC1(C)CN(C2CC(=O)C2)c2cc(B3OC(C)(C)C(C)(C)O3)ccc21. The van der Waals surface area contributed by atoms with Gasteiger partial charge in [0, 0.05) is 36.5 Å². The zero-order chi connectivity index (χ0) is 18.2. The van der Waals surface area contributed by atoms with Gasteiger partial charge < -0.3 is 14.2 Å². The maximum atomic E-state index is 11.5. The Morgan fingerprint density at radius 3 is 2.20 bits per heavy atom. The molecule has 5 heteroatoms. The van der Waals surface area contributed by atoms with E-state index in [2.05, 4.69) is 64.6 Å². The fourth-order valence-corrected chi connectivity index (χ4v) is 4.09. The number of nitrogens with zero attached hydrogens (tertiary/aromatic N) is 1. The van der Waals surface area contributed by atoms with Crippen LogP contribution >= 0.6 is 0 Å². The molecule has 4 nitrogen and oxygen atoms in total. The predicted molar refractivity (Wildman–Crippen MR) is 101 cm³/mol. The van der Waals surface area contributed by atoms with E-state index in [4.69, 9.17) is 9.31 Å². The van der Waals surface area contributed by atoms with Crippen LogP contribution in [0.5, 0.6) is 0 Å². The first kappa shape index (κ1) is 17.1. The van der Waals surface area contributed by atoms with E-state index < -0.39 is 0 Å². The molecule has 1 aliphatic carbocycles. The first-order valence-electron chi connectivity index (χ1n) is 9.29. The Labute approximate surface area is 151 Å². The number of carbonyl (C=O) groups excluding carboxylic acids is 1. The maximum Gasteiger partial charge on any atom is 0.494 e. The number of carbonyl (C=O) groups is 1. The lowest BCUT2D eigenvalue weighted by atomic mass is 9.77. The van der Waals surface area contributed by atoms with Gasteiger partial charge >= 0.3 is 7.12 Å². The second-order valence-electron chi connectivity index (χ2n) is 9.48. The van der Waals surface area contributed by atoms with Crippen LogP contribution in [-0.4, -0.2) is 36.7 Å². The first-order chi connectivity index (χ1) is 11.5. The van der Waals surface area contributed by atoms with Gasteiger partial charge in [-0.2, -0.15) is 0 Å². The van der Waals surface area contributed by atoms with Crippen LogP contribution in [0.15, 0.2) is 18.2 Å². The lowest BCUT2D eigenvalue weighted by Crippen LogP contribution is -2.46. The Kier molecular flexibility index (Phi) is 3.49. The number of benzene rings is 1. The highest BCUT2D eigenvalue weighted by Gasteiger charge is 2.52. The van der Waals surface area contributed by atoms with Crippen molar-refractivity contribution in [3.63, 3.8) is 0 Å². The summed E-state index contributed by atoms with van der Waals surface area (Å²) in [6.45, 7) is 13.8. The molecule has 0 spiro atoms. The molecular formula is C20H28BNO3. The number of anilines is 1. The van der Waals surface area contributed by atoms with Crippen molar-refractivity contribution >= 4 is 24.1 Å². The number of fused-ring (bicyclic) bond motifs is 1. The molecule has 2 heterocycles. The largest absolute Gasteiger partial charge is 0.494 e. The van der Waals surface area contributed by atoms with Crippen LogP contribution in [0, 0.1) is 0 Å². The van der Waals surface area contributed by atoms with Crippen molar-refractivity contribution in [2.24, 2.45) is 0 Å². The van der Waals surface area contributed by atoms with Gasteiger partial charge in [0.2, 0.25) is 0 Å². The summed E-state index contributed by atoms with van der Waals surface area (Å²) >= 11 is 0. The second-order valence-corrected chi connectivity index (χ2v) is 9.48. The monoisotopic (exact) mass is 341 g/mol. The van der Waals surface area contributed by atoms with Gasteiger partial charge in [-0.1, -0.05) is 26.0 Å². The number of ketones is 1. The van der Waals surface area contributed by atoms with E-state index >= 15 is 0 Å². The van der Waals surface area contributed by atoms with E-state index in [-0.39, 0.29) is 23.7 Å². The van der Waals surface area contributed by atoms with Crippen molar-refractivity contribution in [1.82, 2.24) is 0 Å². The molecule has 1 saturated carbocycles. The summed E-state index contributed by atoms with van der Waals surface area (Å²) in [5, 5.41) is 0. The number of hydrogen-bond acceptors (Lipinski definition) is 4. The van der Waals surface area contributed by atoms with Gasteiger partial charge in [-0.3, -0.25) is 4.79 Å². The van der Waals surface area contributed by atoms with Crippen molar-refractivity contribution in [2.45, 2.75) is 77.0 Å². The zero-order valence-electron chi connectivity index (χ0n) is 16.2. The summed E-state index contributed by atoms with van der Waals surface area (Å²) in [5.41, 5.74) is 3.08. The molecule has 0 aromatic heterocycles. The van der Waals surface area contributed by atoms with Gasteiger partial charge in [0.05, 0.1) is 11.2 Å². The van der Waals surface area contributed by atoms with E-state index in [1.54, 1.807) is 0 Å². The maximum absolute atomic E-state index is 11.5. The molecule has 0 N–H and O–H groups in total. The first-order valence-corrected chi connectivity index (χ1v) is 9.29. The van der Waals surface area contributed by atoms with Gasteiger partial charge in [-0.25, -0.2) is 0 Å². The molecule has 4 rings (SSSR count). The van der Waals surface area contributed by atoms with Crippen LogP contribution in [-0.2, 0) is 19.5 Å². The molecule has 25 heavy (non-hydrogen) atoms. The lowest BCUT2D eigenvalue weighted by molar-refractivity contribution is -0.124. The van der Waals surface area contributed by atoms with Crippen LogP contribution < -0.4 is 10.4 Å². The molecule has 2 fully saturated rings. The average Bonchev–Trinajstić information content (AvgIpc) is 2.85. The van der Waals surface area contributed by atoms with Crippen LogP contribution in [0.3, 0.4) is 0 Å². The Balaban J connectivity index is 1.67. The second kappa shape index (κ2) is 5.11. The van der Waals surface area contributed by atoms with Gasteiger partial charge in [-0.05, 0) is 44.8 Å². The molecule has 134 valence electrons. The third kappa shape index (κ3) is 2.55. The molecule has 0 atom stereocenters. The Bertz CT molecular complexity index is 716. The van der Waals surface area contributed by atoms with Crippen molar-refractivity contribution in [3.8, 4) is 0 Å². The van der Waals surface area contributed by atoms with Crippen molar-refractivity contribution in [3.05, 3.63) is 23.8 Å². The Hall–Kier alpha value is -1.33. The Morgan fingerprint density at radius 2 is 1.64 bits per heavy atom. The quantitative estimate of drug-likeness (QED) is 0.776. The van der Waals surface area contributed by atoms with E-state index in [0.717, 1.165) is 12.0 Å². The summed E-state index contributed by atoms with van der Waals surface area (Å²) < 4.78 is 12.4. The average molecular weight is 341 g/mol. The highest BCUT2D eigenvalue weighted by Crippen LogP contribution is 2.44. The molecule has 3 aliphatic rings. The van der Waals surface area contributed by atoms with Crippen LogP contribution in [0.25, 0.3) is 0 Å². The van der Waals surface area contributed by atoms with Crippen LogP contribution in [0.1, 0.15) is 59.9 Å². The highest BCUT2D eigenvalue weighted by atomic mass is 16.7. The molecule has 1 aromatic rings.